The number of carbonyl (C=O) groups excluding carboxylic acids is 1. The van der Waals surface area contributed by atoms with Crippen molar-refractivity contribution in [3.8, 4) is 5.75 Å². The van der Waals surface area contributed by atoms with E-state index in [-0.39, 0.29) is 5.41 Å². The Bertz CT molecular complexity index is 1170. The van der Waals surface area contributed by atoms with Crippen molar-refractivity contribution in [2.75, 3.05) is 0 Å². The number of fused-ring (bicyclic) bond motifs is 2. The van der Waals surface area contributed by atoms with Crippen LogP contribution in [-0.4, -0.2) is 17.0 Å². The van der Waals surface area contributed by atoms with Gasteiger partial charge in [0.15, 0.2) is 0 Å². The van der Waals surface area contributed by atoms with Crippen molar-refractivity contribution in [1.82, 2.24) is 0 Å². The Labute approximate surface area is 176 Å². The molecule has 0 bridgehead atoms. The largest absolute Gasteiger partial charge is 0.481 e. The van der Waals surface area contributed by atoms with Gasteiger partial charge in [-0.1, -0.05) is 75.4 Å². The second-order valence-electron chi connectivity index (χ2n) is 9.00. The second-order valence-corrected chi connectivity index (χ2v) is 9.00. The first-order valence-corrected chi connectivity index (χ1v) is 10.3. The average Bonchev–Trinajstić information content (AvgIpc) is 2.72. The summed E-state index contributed by atoms with van der Waals surface area (Å²) in [5.74, 6) is -2.36. The number of esters is 1. The molecule has 4 rings (SSSR count). The van der Waals surface area contributed by atoms with Gasteiger partial charge in [0.1, 0.15) is 5.75 Å². The molecule has 0 spiro atoms. The predicted molar refractivity (Wildman–Crippen MR) is 119 cm³/mol. The van der Waals surface area contributed by atoms with E-state index in [0.29, 0.717) is 18.6 Å². The van der Waals surface area contributed by atoms with Crippen molar-refractivity contribution >= 4 is 33.5 Å². The molecule has 0 saturated carbocycles. The number of aliphatic carboxylic acids is 1. The van der Waals surface area contributed by atoms with Crippen molar-refractivity contribution in [2.45, 2.75) is 39.0 Å². The van der Waals surface area contributed by atoms with Gasteiger partial charge in [0.25, 0.3) is 0 Å². The Hall–Kier alpha value is -3.14. The second kappa shape index (κ2) is 7.60. The summed E-state index contributed by atoms with van der Waals surface area (Å²) in [5, 5.41) is 13.3. The number of rotatable bonds is 3. The van der Waals surface area contributed by atoms with Gasteiger partial charge < -0.3 is 9.84 Å². The first kappa shape index (κ1) is 20.1. The van der Waals surface area contributed by atoms with E-state index in [1.807, 2.05) is 48.6 Å². The van der Waals surface area contributed by atoms with Gasteiger partial charge in [-0.3, -0.25) is 9.59 Å². The Morgan fingerprint density at radius 3 is 2.30 bits per heavy atom. The first-order chi connectivity index (χ1) is 14.3. The summed E-state index contributed by atoms with van der Waals surface area (Å²) >= 11 is 0. The molecule has 30 heavy (non-hydrogen) atoms. The maximum atomic E-state index is 13.2. The maximum Gasteiger partial charge on any atom is 0.315 e. The molecule has 0 fully saturated rings. The molecule has 1 aliphatic carbocycles. The van der Waals surface area contributed by atoms with Gasteiger partial charge in [-0.05, 0) is 40.7 Å². The molecule has 2 unspecified atom stereocenters. The molecule has 4 nitrogen and oxygen atoms in total. The number of benzene rings is 3. The van der Waals surface area contributed by atoms with Crippen LogP contribution in [0.4, 0.5) is 0 Å². The number of carboxylic acid groups (broad SMARTS) is 1. The zero-order valence-electron chi connectivity index (χ0n) is 17.5. The number of ether oxygens (including phenoxy) is 1. The fourth-order valence-electron chi connectivity index (χ4n) is 4.33. The van der Waals surface area contributed by atoms with E-state index in [9.17, 15) is 14.7 Å². The molecule has 0 aliphatic heterocycles. The van der Waals surface area contributed by atoms with Gasteiger partial charge in [-0.25, -0.2) is 0 Å². The number of carbonyl (C=O) groups is 2. The molecular weight excluding hydrogens is 376 g/mol. The summed E-state index contributed by atoms with van der Waals surface area (Å²) in [6.45, 7) is 6.40. The van der Waals surface area contributed by atoms with Gasteiger partial charge in [0, 0.05) is 10.8 Å². The third kappa shape index (κ3) is 3.58. The lowest BCUT2D eigenvalue weighted by atomic mass is 9.82. The normalized spacial score (nSPS) is 19.2. The maximum absolute atomic E-state index is 13.2. The van der Waals surface area contributed by atoms with Crippen molar-refractivity contribution in [3.05, 3.63) is 66.2 Å². The Morgan fingerprint density at radius 1 is 0.933 bits per heavy atom. The van der Waals surface area contributed by atoms with E-state index in [0.717, 1.165) is 27.1 Å². The summed E-state index contributed by atoms with van der Waals surface area (Å²) < 4.78 is 6.06. The molecule has 3 aromatic carbocycles. The van der Waals surface area contributed by atoms with E-state index in [2.05, 4.69) is 32.9 Å². The minimum atomic E-state index is -0.959. The molecule has 1 aliphatic rings. The van der Waals surface area contributed by atoms with Crippen LogP contribution < -0.4 is 4.74 Å². The molecule has 0 aromatic heterocycles. The van der Waals surface area contributed by atoms with Gasteiger partial charge in [-0.15, -0.1) is 0 Å². The van der Waals surface area contributed by atoms with Crippen LogP contribution in [0.5, 0.6) is 5.75 Å². The van der Waals surface area contributed by atoms with Crippen LogP contribution in [0.1, 0.15) is 39.2 Å². The van der Waals surface area contributed by atoms with Crippen LogP contribution in [0.25, 0.3) is 21.5 Å². The molecule has 4 heteroatoms. The van der Waals surface area contributed by atoms with Gasteiger partial charge in [-0.2, -0.15) is 0 Å². The van der Waals surface area contributed by atoms with E-state index < -0.39 is 23.8 Å². The van der Waals surface area contributed by atoms with Crippen LogP contribution in [0.15, 0.2) is 60.7 Å². The molecule has 0 heterocycles. The minimum absolute atomic E-state index is 0.152. The summed E-state index contributed by atoms with van der Waals surface area (Å²) in [7, 11) is 0. The van der Waals surface area contributed by atoms with E-state index >= 15 is 0 Å². The zero-order chi connectivity index (χ0) is 21.5. The van der Waals surface area contributed by atoms with Crippen LogP contribution in [0.2, 0.25) is 0 Å². The first-order valence-electron chi connectivity index (χ1n) is 10.3. The van der Waals surface area contributed by atoms with E-state index in [1.165, 1.54) is 0 Å². The Kier molecular flexibility index (Phi) is 5.10. The number of carboxylic acids is 1. The molecule has 0 saturated heterocycles. The highest BCUT2D eigenvalue weighted by atomic mass is 16.5. The number of hydrogen-bond acceptors (Lipinski definition) is 3. The summed E-state index contributed by atoms with van der Waals surface area (Å²) in [6, 6.07) is 16.1. The Morgan fingerprint density at radius 2 is 1.60 bits per heavy atom. The van der Waals surface area contributed by atoms with Gasteiger partial charge in [0.2, 0.25) is 0 Å². The van der Waals surface area contributed by atoms with Crippen LogP contribution in [-0.2, 0) is 15.0 Å². The molecule has 2 atom stereocenters. The quantitative estimate of drug-likeness (QED) is 0.258. The Balaban J connectivity index is 1.90. The van der Waals surface area contributed by atoms with E-state index in [1.54, 1.807) is 0 Å². The fraction of sp³-hybridized carbons (Fsp3) is 0.308. The lowest BCUT2D eigenvalue weighted by Crippen LogP contribution is -2.33. The predicted octanol–water partition coefficient (Wildman–Crippen LogP) is 5.86. The fourth-order valence-corrected chi connectivity index (χ4v) is 4.33. The summed E-state index contributed by atoms with van der Waals surface area (Å²) in [5.41, 5.74) is 0.937. The lowest BCUT2D eigenvalue weighted by Gasteiger charge is -2.26. The SMILES string of the molecule is CC(C)(C)c1cccc2cc3ccccc3c(OC(=O)C3CC=CCC3C(=O)O)c12. The topological polar surface area (TPSA) is 63.6 Å². The molecule has 0 amide bonds. The lowest BCUT2D eigenvalue weighted by molar-refractivity contribution is -0.152. The van der Waals surface area contributed by atoms with Crippen LogP contribution in [0.3, 0.4) is 0 Å². The van der Waals surface area contributed by atoms with Crippen molar-refractivity contribution < 1.29 is 19.4 Å². The van der Waals surface area contributed by atoms with Gasteiger partial charge >= 0.3 is 11.9 Å². The summed E-state index contributed by atoms with van der Waals surface area (Å²) in [6.07, 6.45) is 4.42. The van der Waals surface area contributed by atoms with Crippen molar-refractivity contribution in [2.24, 2.45) is 11.8 Å². The van der Waals surface area contributed by atoms with Crippen LogP contribution >= 0.6 is 0 Å². The van der Waals surface area contributed by atoms with Crippen molar-refractivity contribution in [1.29, 1.82) is 0 Å². The molecule has 3 aromatic rings. The van der Waals surface area contributed by atoms with Gasteiger partial charge in [0.05, 0.1) is 11.8 Å². The minimum Gasteiger partial charge on any atom is -0.481 e. The highest BCUT2D eigenvalue weighted by Crippen LogP contribution is 2.41. The number of hydrogen-bond donors (Lipinski definition) is 1. The standard InChI is InChI=1S/C26H26O4/c1-26(2,3)21-14-8-10-17-15-16-9-4-5-11-18(16)23(22(17)21)30-25(29)20-13-7-6-12-19(20)24(27)28/h4-11,14-15,19-20H,12-13H2,1-3H3,(H,27,28). The third-order valence-corrected chi connectivity index (χ3v) is 5.90. The molecule has 1 N–H and O–H groups in total. The highest BCUT2D eigenvalue weighted by molar-refractivity contribution is 6.08. The smallest absolute Gasteiger partial charge is 0.315 e. The molecule has 0 radical (unpaired) electrons. The highest BCUT2D eigenvalue weighted by Gasteiger charge is 2.36. The third-order valence-electron chi connectivity index (χ3n) is 5.90. The van der Waals surface area contributed by atoms with Crippen molar-refractivity contribution in [3.63, 3.8) is 0 Å². The van der Waals surface area contributed by atoms with Crippen LogP contribution in [0, 0.1) is 11.8 Å². The monoisotopic (exact) mass is 402 g/mol. The average molecular weight is 402 g/mol. The van der Waals surface area contributed by atoms with E-state index in [4.69, 9.17) is 4.74 Å². The molecule has 154 valence electrons. The number of allylic oxidation sites excluding steroid dienone is 2. The summed E-state index contributed by atoms with van der Waals surface area (Å²) in [4.78, 5) is 24.9. The zero-order valence-corrected chi connectivity index (χ0v) is 17.5. The molecular formula is C26H26O4.